The molecule has 72 valence electrons. The fourth-order valence-electron chi connectivity index (χ4n) is 1.15. The third-order valence-corrected chi connectivity index (χ3v) is 1.97. The number of methoxy groups -OCH3 is 1. The topological polar surface area (TPSA) is 22.1 Å². The van der Waals surface area contributed by atoms with Gasteiger partial charge < -0.3 is 4.74 Å². The van der Waals surface area contributed by atoms with Crippen LogP contribution in [0.25, 0.3) is 0 Å². The molecule has 0 saturated carbocycles. The van der Waals surface area contributed by atoms with Crippen molar-refractivity contribution in [2.24, 2.45) is 5.92 Å². The maximum atomic E-state index is 5.05. The van der Waals surface area contributed by atoms with Gasteiger partial charge in [0.2, 0.25) is 5.88 Å². The summed E-state index contributed by atoms with van der Waals surface area (Å²) >= 11 is 0. The minimum atomic E-state index is 0.709. The number of aryl methyl sites for hydroxylation is 1. The first-order valence-corrected chi connectivity index (χ1v) is 4.72. The van der Waals surface area contributed by atoms with Crippen LogP contribution in [0.1, 0.15) is 26.0 Å². The van der Waals surface area contributed by atoms with Crippen LogP contribution in [0.15, 0.2) is 18.2 Å². The van der Waals surface area contributed by atoms with E-state index in [-0.39, 0.29) is 0 Å². The number of hydrogen-bond donors (Lipinski definition) is 0. The molecule has 13 heavy (non-hydrogen) atoms. The molecule has 0 radical (unpaired) electrons. The molecule has 1 rings (SSSR count). The fourth-order valence-corrected chi connectivity index (χ4v) is 1.15. The maximum absolute atomic E-state index is 5.05. The molecule has 0 aromatic carbocycles. The minimum Gasteiger partial charge on any atom is -0.481 e. The zero-order valence-corrected chi connectivity index (χ0v) is 8.58. The summed E-state index contributed by atoms with van der Waals surface area (Å²) in [5, 5.41) is 0. The van der Waals surface area contributed by atoms with Crippen molar-refractivity contribution in [2.75, 3.05) is 7.11 Å². The van der Waals surface area contributed by atoms with E-state index in [4.69, 9.17) is 4.74 Å². The lowest BCUT2D eigenvalue weighted by Gasteiger charge is -2.05. The molecule has 0 amide bonds. The molecule has 1 aromatic rings. The summed E-state index contributed by atoms with van der Waals surface area (Å²) in [6, 6.07) is 5.91. The third-order valence-electron chi connectivity index (χ3n) is 1.97. The number of pyridine rings is 1. The van der Waals surface area contributed by atoms with Gasteiger partial charge in [-0.25, -0.2) is 4.98 Å². The average molecular weight is 179 g/mol. The van der Waals surface area contributed by atoms with Gasteiger partial charge in [-0.2, -0.15) is 0 Å². The fraction of sp³-hybridized carbons (Fsp3) is 0.545. The number of ether oxygens (including phenoxy) is 1. The summed E-state index contributed by atoms with van der Waals surface area (Å²) in [4.78, 5) is 4.34. The second kappa shape index (κ2) is 4.85. The van der Waals surface area contributed by atoms with E-state index in [1.54, 1.807) is 7.11 Å². The largest absolute Gasteiger partial charge is 0.481 e. The molecule has 0 N–H and O–H groups in total. The summed E-state index contributed by atoms with van der Waals surface area (Å²) in [5.74, 6) is 1.44. The number of nitrogens with zero attached hydrogens (tertiary/aromatic N) is 1. The highest BCUT2D eigenvalue weighted by Crippen LogP contribution is 2.10. The van der Waals surface area contributed by atoms with E-state index < -0.39 is 0 Å². The molecule has 0 bridgehead atoms. The van der Waals surface area contributed by atoms with E-state index in [0.717, 1.165) is 18.0 Å². The monoisotopic (exact) mass is 179 g/mol. The first-order valence-electron chi connectivity index (χ1n) is 4.72. The number of hydrogen-bond acceptors (Lipinski definition) is 2. The summed E-state index contributed by atoms with van der Waals surface area (Å²) in [5.41, 5.74) is 1.12. The molecule has 1 aromatic heterocycles. The predicted octanol–water partition coefficient (Wildman–Crippen LogP) is 2.68. The van der Waals surface area contributed by atoms with Gasteiger partial charge in [-0.1, -0.05) is 19.9 Å². The summed E-state index contributed by atoms with van der Waals surface area (Å²) in [6.07, 6.45) is 2.22. The predicted molar refractivity (Wildman–Crippen MR) is 53.9 cm³/mol. The van der Waals surface area contributed by atoms with E-state index in [1.165, 1.54) is 6.42 Å². The van der Waals surface area contributed by atoms with Gasteiger partial charge in [0.15, 0.2) is 0 Å². The van der Waals surface area contributed by atoms with Crippen molar-refractivity contribution in [3.63, 3.8) is 0 Å². The van der Waals surface area contributed by atoms with Gasteiger partial charge in [-0.3, -0.25) is 0 Å². The van der Waals surface area contributed by atoms with E-state index in [0.29, 0.717) is 5.88 Å². The van der Waals surface area contributed by atoms with Gasteiger partial charge in [0, 0.05) is 11.8 Å². The molecule has 0 aliphatic rings. The molecule has 2 heteroatoms. The van der Waals surface area contributed by atoms with Crippen molar-refractivity contribution in [1.29, 1.82) is 0 Å². The van der Waals surface area contributed by atoms with Gasteiger partial charge in [0.1, 0.15) is 0 Å². The lowest BCUT2D eigenvalue weighted by molar-refractivity contribution is 0.395. The first kappa shape index (κ1) is 10.0. The van der Waals surface area contributed by atoms with Crippen LogP contribution < -0.4 is 4.74 Å². The molecule has 0 atom stereocenters. The Labute approximate surface area is 80.0 Å². The van der Waals surface area contributed by atoms with Crippen LogP contribution in [0.5, 0.6) is 5.88 Å². The number of aromatic nitrogens is 1. The van der Waals surface area contributed by atoms with E-state index >= 15 is 0 Å². The van der Waals surface area contributed by atoms with Crippen LogP contribution in [0.4, 0.5) is 0 Å². The van der Waals surface area contributed by atoms with Crippen LogP contribution >= 0.6 is 0 Å². The van der Waals surface area contributed by atoms with E-state index in [2.05, 4.69) is 18.8 Å². The molecular weight excluding hydrogens is 162 g/mol. The van der Waals surface area contributed by atoms with Crippen molar-refractivity contribution in [3.8, 4) is 5.88 Å². The second-order valence-electron chi connectivity index (χ2n) is 3.60. The molecule has 0 aliphatic heterocycles. The zero-order valence-electron chi connectivity index (χ0n) is 8.58. The van der Waals surface area contributed by atoms with Crippen molar-refractivity contribution in [1.82, 2.24) is 4.98 Å². The Morgan fingerprint density at radius 1 is 1.38 bits per heavy atom. The standard InChI is InChI=1S/C11H17NO/c1-9(2)7-8-10-5-4-6-11(12-10)13-3/h4-6,9H,7-8H2,1-3H3. The van der Waals surface area contributed by atoms with Crippen molar-refractivity contribution in [3.05, 3.63) is 23.9 Å². The minimum absolute atomic E-state index is 0.709. The van der Waals surface area contributed by atoms with Crippen molar-refractivity contribution >= 4 is 0 Å². The van der Waals surface area contributed by atoms with Crippen LogP contribution in [0, 0.1) is 5.92 Å². The van der Waals surface area contributed by atoms with Gasteiger partial charge in [0.25, 0.3) is 0 Å². The van der Waals surface area contributed by atoms with Gasteiger partial charge in [-0.05, 0) is 24.8 Å². The Morgan fingerprint density at radius 2 is 2.15 bits per heavy atom. The molecule has 0 aliphatic carbocycles. The highest BCUT2D eigenvalue weighted by Gasteiger charge is 1.99. The summed E-state index contributed by atoms with van der Waals surface area (Å²) < 4.78 is 5.05. The van der Waals surface area contributed by atoms with Crippen LogP contribution in [0.2, 0.25) is 0 Å². The molecule has 0 unspecified atom stereocenters. The molecule has 2 nitrogen and oxygen atoms in total. The van der Waals surface area contributed by atoms with Crippen LogP contribution in [-0.4, -0.2) is 12.1 Å². The van der Waals surface area contributed by atoms with Crippen LogP contribution in [-0.2, 0) is 6.42 Å². The number of rotatable bonds is 4. The second-order valence-corrected chi connectivity index (χ2v) is 3.60. The van der Waals surface area contributed by atoms with Crippen LogP contribution in [0.3, 0.4) is 0 Å². The summed E-state index contributed by atoms with van der Waals surface area (Å²) in [6.45, 7) is 4.44. The zero-order chi connectivity index (χ0) is 9.68. The van der Waals surface area contributed by atoms with Crippen molar-refractivity contribution in [2.45, 2.75) is 26.7 Å². The van der Waals surface area contributed by atoms with Gasteiger partial charge in [0.05, 0.1) is 7.11 Å². The van der Waals surface area contributed by atoms with Crippen molar-refractivity contribution < 1.29 is 4.74 Å². The Hall–Kier alpha value is -1.05. The SMILES string of the molecule is COc1cccc(CCC(C)C)n1. The molecule has 0 spiro atoms. The molecule has 1 heterocycles. The smallest absolute Gasteiger partial charge is 0.213 e. The quantitative estimate of drug-likeness (QED) is 0.709. The van der Waals surface area contributed by atoms with E-state index in [1.807, 2.05) is 18.2 Å². The lowest BCUT2D eigenvalue weighted by atomic mass is 10.1. The highest BCUT2D eigenvalue weighted by molar-refractivity contribution is 5.15. The third kappa shape index (κ3) is 3.45. The van der Waals surface area contributed by atoms with Gasteiger partial charge in [-0.15, -0.1) is 0 Å². The van der Waals surface area contributed by atoms with E-state index in [9.17, 15) is 0 Å². The lowest BCUT2D eigenvalue weighted by Crippen LogP contribution is -1.96. The Bertz CT molecular complexity index is 258. The van der Waals surface area contributed by atoms with Gasteiger partial charge >= 0.3 is 0 Å². The Balaban J connectivity index is 2.56. The molecular formula is C11H17NO. The molecule has 0 saturated heterocycles. The normalized spacial score (nSPS) is 10.5. The average Bonchev–Trinajstić information content (AvgIpc) is 2.15. The Kier molecular flexibility index (Phi) is 3.74. The molecule has 0 fully saturated rings. The maximum Gasteiger partial charge on any atom is 0.213 e. The summed E-state index contributed by atoms with van der Waals surface area (Å²) in [7, 11) is 1.65. The highest BCUT2D eigenvalue weighted by atomic mass is 16.5. The Morgan fingerprint density at radius 3 is 2.77 bits per heavy atom. The first-order chi connectivity index (χ1) is 6.22.